The predicted molar refractivity (Wildman–Crippen MR) is 62.1 cm³/mol. The summed E-state index contributed by atoms with van der Waals surface area (Å²) >= 11 is 0. The summed E-state index contributed by atoms with van der Waals surface area (Å²) in [5, 5.41) is 8.70. The zero-order chi connectivity index (χ0) is 11.4. The zero-order valence-corrected chi connectivity index (χ0v) is 10.0. The van der Waals surface area contributed by atoms with E-state index in [1.54, 1.807) is 6.08 Å². The molecule has 0 amide bonds. The highest BCUT2D eigenvalue weighted by molar-refractivity contribution is 6.58. The van der Waals surface area contributed by atoms with E-state index in [0.29, 0.717) is 12.1 Å². The lowest BCUT2D eigenvalue weighted by molar-refractivity contribution is 0.236. The van der Waals surface area contributed by atoms with Gasteiger partial charge in [-0.1, -0.05) is 27.7 Å². The molecule has 0 unspecified atom stereocenters. The van der Waals surface area contributed by atoms with Crippen LogP contribution < -0.4 is 0 Å². The van der Waals surface area contributed by atoms with Gasteiger partial charge in [-0.25, -0.2) is 0 Å². The fraction of sp³-hybridized carbons (Fsp3) is 0.727. The highest BCUT2D eigenvalue weighted by atomic mass is 16.4. The van der Waals surface area contributed by atoms with E-state index in [1.165, 1.54) is 0 Å². The van der Waals surface area contributed by atoms with Crippen molar-refractivity contribution in [3.8, 4) is 6.07 Å². The van der Waals surface area contributed by atoms with Crippen LogP contribution in [0.3, 0.4) is 0 Å². The molecule has 0 saturated carbocycles. The van der Waals surface area contributed by atoms with Crippen molar-refractivity contribution in [2.24, 2.45) is 0 Å². The first kappa shape index (κ1) is 12.3. The number of hydrogen-bond donors (Lipinski definition) is 0. The third-order valence-corrected chi connectivity index (χ3v) is 2.70. The molecule has 0 radical (unpaired) electrons. The molecule has 0 aromatic heterocycles. The number of allylic oxidation sites excluding steroid dienone is 1. The van der Waals surface area contributed by atoms with Gasteiger partial charge in [0.25, 0.3) is 0 Å². The van der Waals surface area contributed by atoms with Gasteiger partial charge in [0.15, 0.2) is 0 Å². The molecule has 1 saturated heterocycles. The second-order valence-electron chi connectivity index (χ2n) is 4.46. The van der Waals surface area contributed by atoms with Gasteiger partial charge in [0, 0.05) is 12.7 Å². The SMILES string of the molecule is CC(C)N(B1OCC/C1=C\C#N)C(C)C. The second kappa shape index (κ2) is 5.34. The number of hydrogen-bond acceptors (Lipinski definition) is 3. The molecule has 15 heavy (non-hydrogen) atoms. The van der Waals surface area contributed by atoms with Crippen molar-refractivity contribution >= 4 is 7.05 Å². The summed E-state index contributed by atoms with van der Waals surface area (Å²) in [7, 11) is 0.00431. The molecular weight excluding hydrogens is 187 g/mol. The van der Waals surface area contributed by atoms with Gasteiger partial charge in [-0.05, 0) is 24.0 Å². The minimum atomic E-state index is 0.00431. The summed E-state index contributed by atoms with van der Waals surface area (Å²) in [6.07, 6.45) is 2.52. The molecule has 1 heterocycles. The van der Waals surface area contributed by atoms with Crippen molar-refractivity contribution < 1.29 is 4.65 Å². The minimum Gasteiger partial charge on any atom is -0.417 e. The number of rotatable bonds is 3. The van der Waals surface area contributed by atoms with Crippen LogP contribution in [0.4, 0.5) is 0 Å². The predicted octanol–water partition coefficient (Wildman–Crippen LogP) is 2.00. The molecule has 1 rings (SSSR count). The van der Waals surface area contributed by atoms with E-state index in [1.807, 2.05) is 0 Å². The third kappa shape index (κ3) is 2.83. The van der Waals surface area contributed by atoms with Crippen molar-refractivity contribution in [1.82, 2.24) is 4.81 Å². The Morgan fingerprint density at radius 1 is 1.40 bits per heavy atom. The smallest absolute Gasteiger partial charge is 0.415 e. The largest absolute Gasteiger partial charge is 0.417 e. The van der Waals surface area contributed by atoms with E-state index in [9.17, 15) is 0 Å². The van der Waals surface area contributed by atoms with Gasteiger partial charge in [0.05, 0.1) is 6.07 Å². The van der Waals surface area contributed by atoms with E-state index in [-0.39, 0.29) is 7.05 Å². The van der Waals surface area contributed by atoms with Crippen molar-refractivity contribution in [3.63, 3.8) is 0 Å². The summed E-state index contributed by atoms with van der Waals surface area (Å²) < 4.78 is 5.71. The summed E-state index contributed by atoms with van der Waals surface area (Å²) in [5.41, 5.74) is 1.11. The zero-order valence-electron chi connectivity index (χ0n) is 10.0. The van der Waals surface area contributed by atoms with Crippen LogP contribution in [-0.2, 0) is 4.65 Å². The Balaban J connectivity index is 2.84. The molecule has 1 aliphatic heterocycles. The van der Waals surface area contributed by atoms with Crippen LogP contribution in [0, 0.1) is 11.3 Å². The van der Waals surface area contributed by atoms with Crippen molar-refractivity contribution in [1.29, 1.82) is 5.26 Å². The molecule has 82 valence electrons. The Morgan fingerprint density at radius 3 is 2.47 bits per heavy atom. The van der Waals surface area contributed by atoms with Gasteiger partial charge in [-0.3, -0.25) is 0 Å². The van der Waals surface area contributed by atoms with Crippen molar-refractivity contribution in [2.45, 2.75) is 46.2 Å². The average molecular weight is 206 g/mol. The highest BCUT2D eigenvalue weighted by Crippen LogP contribution is 2.23. The Hall–Kier alpha value is -0.785. The molecule has 1 aliphatic rings. The molecule has 3 nitrogen and oxygen atoms in total. The van der Waals surface area contributed by atoms with Crippen LogP contribution in [0.1, 0.15) is 34.1 Å². The average Bonchev–Trinajstić information content (AvgIpc) is 2.53. The maximum Gasteiger partial charge on any atom is 0.415 e. The minimum absolute atomic E-state index is 0.00431. The lowest BCUT2D eigenvalue weighted by atomic mass is 9.69. The van der Waals surface area contributed by atoms with E-state index < -0.39 is 0 Å². The highest BCUT2D eigenvalue weighted by Gasteiger charge is 2.36. The van der Waals surface area contributed by atoms with Gasteiger partial charge in [-0.2, -0.15) is 5.26 Å². The topological polar surface area (TPSA) is 36.3 Å². The van der Waals surface area contributed by atoms with E-state index >= 15 is 0 Å². The first-order valence-electron chi connectivity index (χ1n) is 5.55. The molecule has 0 bridgehead atoms. The van der Waals surface area contributed by atoms with Gasteiger partial charge in [-0.15, -0.1) is 0 Å². The number of nitrogens with zero attached hydrogens (tertiary/aromatic N) is 2. The Labute approximate surface area is 92.8 Å². The first-order chi connectivity index (χ1) is 7.07. The van der Waals surface area contributed by atoms with E-state index in [4.69, 9.17) is 9.92 Å². The molecule has 0 aliphatic carbocycles. The first-order valence-corrected chi connectivity index (χ1v) is 5.55. The quantitative estimate of drug-likeness (QED) is 0.523. The van der Waals surface area contributed by atoms with E-state index in [0.717, 1.165) is 18.5 Å². The monoisotopic (exact) mass is 206 g/mol. The molecule has 4 heteroatoms. The normalized spacial score (nSPS) is 19.6. The molecule has 0 aromatic rings. The molecule has 0 aromatic carbocycles. The Bertz CT molecular complexity index is 273. The number of nitriles is 1. The van der Waals surface area contributed by atoms with Gasteiger partial charge < -0.3 is 9.47 Å². The molecular formula is C11H19BN2O. The maximum atomic E-state index is 8.70. The third-order valence-electron chi connectivity index (χ3n) is 2.70. The van der Waals surface area contributed by atoms with Crippen LogP contribution in [0.15, 0.2) is 11.5 Å². The van der Waals surface area contributed by atoms with Crippen LogP contribution >= 0.6 is 0 Å². The van der Waals surface area contributed by atoms with Crippen LogP contribution in [0.25, 0.3) is 0 Å². The van der Waals surface area contributed by atoms with Crippen LogP contribution in [-0.4, -0.2) is 30.6 Å². The fourth-order valence-electron chi connectivity index (χ4n) is 2.16. The van der Waals surface area contributed by atoms with Crippen LogP contribution in [0.5, 0.6) is 0 Å². The van der Waals surface area contributed by atoms with Crippen LogP contribution in [0.2, 0.25) is 0 Å². The lowest BCUT2D eigenvalue weighted by Gasteiger charge is -2.33. The van der Waals surface area contributed by atoms with E-state index in [2.05, 4.69) is 38.6 Å². The molecule has 0 N–H and O–H groups in total. The lowest BCUT2D eigenvalue weighted by Crippen LogP contribution is -2.49. The Kier molecular flexibility index (Phi) is 4.37. The molecule has 0 spiro atoms. The maximum absolute atomic E-state index is 8.70. The van der Waals surface area contributed by atoms with Crippen molar-refractivity contribution in [3.05, 3.63) is 11.5 Å². The summed E-state index contributed by atoms with van der Waals surface area (Å²) in [6.45, 7) is 9.36. The fourth-order valence-corrected chi connectivity index (χ4v) is 2.16. The second-order valence-corrected chi connectivity index (χ2v) is 4.46. The summed E-state index contributed by atoms with van der Waals surface area (Å²) in [4.78, 5) is 2.30. The van der Waals surface area contributed by atoms with Crippen molar-refractivity contribution in [2.75, 3.05) is 6.61 Å². The Morgan fingerprint density at radius 2 is 2.00 bits per heavy atom. The van der Waals surface area contributed by atoms with Gasteiger partial charge in [0.2, 0.25) is 0 Å². The van der Waals surface area contributed by atoms with Gasteiger partial charge in [0.1, 0.15) is 0 Å². The summed E-state index contributed by atoms with van der Waals surface area (Å²) in [5.74, 6) is 0. The molecule has 1 fully saturated rings. The standard InChI is InChI=1S/C11H19BN2O/c1-9(2)14(10(3)4)12-11(5-7-13)6-8-15-12/h5,9-10H,6,8H2,1-4H3/b11-5+. The molecule has 0 atom stereocenters. The van der Waals surface area contributed by atoms with Gasteiger partial charge >= 0.3 is 7.05 Å². The summed E-state index contributed by atoms with van der Waals surface area (Å²) in [6, 6.07) is 2.96.